The van der Waals surface area contributed by atoms with Crippen LogP contribution < -0.4 is 10.2 Å². The summed E-state index contributed by atoms with van der Waals surface area (Å²) in [6, 6.07) is 2.08. The van der Waals surface area contributed by atoms with Crippen LogP contribution in [0.15, 0.2) is 6.07 Å². The van der Waals surface area contributed by atoms with Crippen molar-refractivity contribution in [2.75, 3.05) is 29.9 Å². The van der Waals surface area contributed by atoms with E-state index in [0.29, 0.717) is 0 Å². The first-order valence-electron chi connectivity index (χ1n) is 6.57. The SMILES string of the molecule is CCNc1nc(C)cc(N2CCC(CC)C2)n1. The molecule has 1 saturated heterocycles. The van der Waals surface area contributed by atoms with E-state index in [9.17, 15) is 0 Å². The van der Waals surface area contributed by atoms with E-state index in [-0.39, 0.29) is 0 Å². The molecule has 1 unspecified atom stereocenters. The molecule has 1 N–H and O–H groups in total. The molecule has 1 aliphatic rings. The van der Waals surface area contributed by atoms with Gasteiger partial charge in [-0.2, -0.15) is 4.98 Å². The highest BCUT2D eigenvalue weighted by molar-refractivity contribution is 5.45. The zero-order valence-electron chi connectivity index (χ0n) is 11.0. The maximum absolute atomic E-state index is 4.58. The summed E-state index contributed by atoms with van der Waals surface area (Å²) in [5, 5.41) is 3.19. The fraction of sp³-hybridized carbons (Fsp3) is 0.692. The lowest BCUT2D eigenvalue weighted by atomic mass is 10.1. The Bertz CT molecular complexity index is 378. The first kappa shape index (κ1) is 12.1. The lowest BCUT2D eigenvalue weighted by Gasteiger charge is -2.18. The molecule has 2 rings (SSSR count). The third-order valence-corrected chi connectivity index (χ3v) is 3.36. The monoisotopic (exact) mass is 234 g/mol. The zero-order valence-corrected chi connectivity index (χ0v) is 11.0. The van der Waals surface area contributed by atoms with E-state index in [1.54, 1.807) is 0 Å². The average molecular weight is 234 g/mol. The van der Waals surface area contributed by atoms with E-state index in [2.05, 4.69) is 40.1 Å². The molecule has 4 nitrogen and oxygen atoms in total. The molecule has 0 radical (unpaired) electrons. The summed E-state index contributed by atoms with van der Waals surface area (Å²) >= 11 is 0. The number of nitrogens with zero attached hydrogens (tertiary/aromatic N) is 3. The summed E-state index contributed by atoms with van der Waals surface area (Å²) in [4.78, 5) is 11.3. The van der Waals surface area contributed by atoms with Gasteiger partial charge in [-0.25, -0.2) is 4.98 Å². The number of aromatic nitrogens is 2. The number of anilines is 2. The molecule has 1 aromatic rings. The Morgan fingerprint density at radius 2 is 2.24 bits per heavy atom. The van der Waals surface area contributed by atoms with Gasteiger partial charge in [0.1, 0.15) is 5.82 Å². The molecule has 94 valence electrons. The number of hydrogen-bond donors (Lipinski definition) is 1. The second-order valence-electron chi connectivity index (χ2n) is 4.73. The molecule has 4 heteroatoms. The molecule has 0 amide bonds. The molecule has 1 atom stereocenters. The zero-order chi connectivity index (χ0) is 12.3. The van der Waals surface area contributed by atoms with E-state index >= 15 is 0 Å². The van der Waals surface area contributed by atoms with Crippen LogP contribution in [0.2, 0.25) is 0 Å². The van der Waals surface area contributed by atoms with Gasteiger partial charge >= 0.3 is 0 Å². The number of hydrogen-bond acceptors (Lipinski definition) is 4. The van der Waals surface area contributed by atoms with Crippen molar-refractivity contribution in [3.63, 3.8) is 0 Å². The van der Waals surface area contributed by atoms with Crippen molar-refractivity contribution in [2.24, 2.45) is 5.92 Å². The summed E-state index contributed by atoms with van der Waals surface area (Å²) in [6.07, 6.45) is 2.55. The molecule has 0 aliphatic carbocycles. The van der Waals surface area contributed by atoms with Gasteiger partial charge in [-0.1, -0.05) is 13.3 Å². The fourth-order valence-electron chi connectivity index (χ4n) is 2.33. The molecule has 1 fully saturated rings. The van der Waals surface area contributed by atoms with Gasteiger partial charge in [-0.15, -0.1) is 0 Å². The lowest BCUT2D eigenvalue weighted by Crippen LogP contribution is -2.21. The molecular formula is C13H22N4. The highest BCUT2D eigenvalue weighted by Gasteiger charge is 2.22. The smallest absolute Gasteiger partial charge is 0.224 e. The van der Waals surface area contributed by atoms with Crippen LogP contribution in [0.1, 0.15) is 32.4 Å². The van der Waals surface area contributed by atoms with Gasteiger partial charge in [0.05, 0.1) is 0 Å². The number of aryl methyl sites for hydroxylation is 1. The van der Waals surface area contributed by atoms with Crippen LogP contribution in [0.25, 0.3) is 0 Å². The highest BCUT2D eigenvalue weighted by atomic mass is 15.2. The molecular weight excluding hydrogens is 212 g/mol. The van der Waals surface area contributed by atoms with Crippen molar-refractivity contribution < 1.29 is 0 Å². The lowest BCUT2D eigenvalue weighted by molar-refractivity contribution is 0.568. The maximum atomic E-state index is 4.58. The Kier molecular flexibility index (Phi) is 3.82. The Balaban J connectivity index is 2.15. The van der Waals surface area contributed by atoms with E-state index in [1.807, 2.05) is 6.92 Å². The van der Waals surface area contributed by atoms with Crippen molar-refractivity contribution >= 4 is 11.8 Å². The molecule has 0 saturated carbocycles. The van der Waals surface area contributed by atoms with Crippen LogP contribution in [-0.4, -0.2) is 29.6 Å². The van der Waals surface area contributed by atoms with Gasteiger partial charge in [-0.3, -0.25) is 0 Å². The summed E-state index contributed by atoms with van der Waals surface area (Å²) in [6.45, 7) is 9.48. The van der Waals surface area contributed by atoms with Crippen LogP contribution in [-0.2, 0) is 0 Å². The molecule has 2 heterocycles. The van der Waals surface area contributed by atoms with Crippen LogP contribution in [0.5, 0.6) is 0 Å². The predicted molar refractivity (Wildman–Crippen MR) is 71.5 cm³/mol. The van der Waals surface area contributed by atoms with E-state index < -0.39 is 0 Å². The Hall–Kier alpha value is -1.32. The van der Waals surface area contributed by atoms with Gasteiger partial charge in [0.25, 0.3) is 0 Å². The van der Waals surface area contributed by atoms with Crippen molar-refractivity contribution in [1.29, 1.82) is 0 Å². The first-order chi connectivity index (χ1) is 8.22. The van der Waals surface area contributed by atoms with Crippen LogP contribution >= 0.6 is 0 Å². The molecule has 1 aliphatic heterocycles. The fourth-order valence-corrected chi connectivity index (χ4v) is 2.33. The third kappa shape index (κ3) is 2.87. The van der Waals surface area contributed by atoms with Crippen LogP contribution in [0.4, 0.5) is 11.8 Å². The van der Waals surface area contributed by atoms with E-state index in [0.717, 1.165) is 43.0 Å². The number of rotatable bonds is 4. The largest absolute Gasteiger partial charge is 0.356 e. The predicted octanol–water partition coefficient (Wildman–Crippen LogP) is 2.45. The minimum atomic E-state index is 0.752. The van der Waals surface area contributed by atoms with E-state index in [1.165, 1.54) is 12.8 Å². The summed E-state index contributed by atoms with van der Waals surface area (Å²) < 4.78 is 0. The first-order valence-corrected chi connectivity index (χ1v) is 6.57. The van der Waals surface area contributed by atoms with Gasteiger partial charge in [0, 0.05) is 31.4 Å². The molecule has 0 bridgehead atoms. The quantitative estimate of drug-likeness (QED) is 0.869. The topological polar surface area (TPSA) is 41.1 Å². The Morgan fingerprint density at radius 3 is 2.88 bits per heavy atom. The van der Waals surface area contributed by atoms with Crippen molar-refractivity contribution in [2.45, 2.75) is 33.6 Å². The molecule has 0 aromatic carbocycles. The third-order valence-electron chi connectivity index (χ3n) is 3.36. The second kappa shape index (κ2) is 5.34. The Labute approximate surface area is 103 Å². The second-order valence-corrected chi connectivity index (χ2v) is 4.73. The van der Waals surface area contributed by atoms with Crippen molar-refractivity contribution in [1.82, 2.24) is 9.97 Å². The average Bonchev–Trinajstić information content (AvgIpc) is 2.77. The Morgan fingerprint density at radius 1 is 1.41 bits per heavy atom. The molecule has 17 heavy (non-hydrogen) atoms. The van der Waals surface area contributed by atoms with Crippen molar-refractivity contribution in [3.8, 4) is 0 Å². The van der Waals surface area contributed by atoms with Crippen LogP contribution in [0.3, 0.4) is 0 Å². The van der Waals surface area contributed by atoms with E-state index in [4.69, 9.17) is 0 Å². The number of nitrogens with one attached hydrogen (secondary N) is 1. The van der Waals surface area contributed by atoms with Gasteiger partial charge in [0.2, 0.25) is 5.95 Å². The highest BCUT2D eigenvalue weighted by Crippen LogP contribution is 2.25. The molecule has 1 aromatic heterocycles. The summed E-state index contributed by atoms with van der Waals surface area (Å²) in [5.74, 6) is 2.65. The van der Waals surface area contributed by atoms with Crippen LogP contribution in [0, 0.1) is 12.8 Å². The maximum Gasteiger partial charge on any atom is 0.224 e. The van der Waals surface area contributed by atoms with Gasteiger partial charge in [0.15, 0.2) is 0 Å². The summed E-state index contributed by atoms with van der Waals surface area (Å²) in [5.41, 5.74) is 1.03. The molecule has 0 spiro atoms. The van der Waals surface area contributed by atoms with Gasteiger partial charge in [-0.05, 0) is 26.2 Å². The van der Waals surface area contributed by atoms with Crippen molar-refractivity contribution in [3.05, 3.63) is 11.8 Å². The minimum absolute atomic E-state index is 0.752. The normalized spacial score (nSPS) is 19.7. The minimum Gasteiger partial charge on any atom is -0.356 e. The van der Waals surface area contributed by atoms with Gasteiger partial charge < -0.3 is 10.2 Å². The standard InChI is InChI=1S/C13H22N4/c1-4-11-6-7-17(9-11)12-8-10(3)15-13(16-12)14-5-2/h8,11H,4-7,9H2,1-3H3,(H,14,15,16). The summed E-state index contributed by atoms with van der Waals surface area (Å²) in [7, 11) is 0.